The number of carbonyl (C=O) groups is 1. The zero-order valence-corrected chi connectivity index (χ0v) is 17.4. The Labute approximate surface area is 175 Å². The molecule has 154 valence electrons. The largest absolute Gasteiger partial charge is 0.467 e. The highest BCUT2D eigenvalue weighted by Crippen LogP contribution is 2.33. The number of anilines is 1. The fourth-order valence-corrected chi connectivity index (χ4v) is 4.40. The maximum atomic E-state index is 12.6. The Morgan fingerprint density at radius 1 is 1.10 bits per heavy atom. The molecule has 30 heavy (non-hydrogen) atoms. The molecule has 4 rings (SSSR count). The molecule has 0 bridgehead atoms. The number of hydrazone groups is 1. The number of nitrogens with one attached hydrogen (secondary N) is 1. The lowest BCUT2D eigenvalue weighted by Gasteiger charge is -2.17. The molecule has 1 atom stereocenters. The number of sulfonamides is 1. The van der Waals surface area contributed by atoms with Crippen molar-refractivity contribution in [1.82, 2.24) is 5.01 Å². The van der Waals surface area contributed by atoms with Crippen molar-refractivity contribution in [2.45, 2.75) is 31.2 Å². The number of aryl methyl sites for hydroxylation is 1. The fraction of sp³-hybridized carbons (Fsp3) is 0.182. The number of furan rings is 1. The third-order valence-electron chi connectivity index (χ3n) is 4.91. The van der Waals surface area contributed by atoms with E-state index in [1.807, 2.05) is 13.0 Å². The smallest absolute Gasteiger partial charge is 0.261 e. The third-order valence-corrected chi connectivity index (χ3v) is 6.30. The van der Waals surface area contributed by atoms with Crippen LogP contribution in [-0.4, -0.2) is 25.0 Å². The number of hydrogen-bond donors (Lipinski definition) is 1. The van der Waals surface area contributed by atoms with Crippen molar-refractivity contribution >= 4 is 27.3 Å². The highest BCUT2D eigenvalue weighted by Gasteiger charge is 2.33. The summed E-state index contributed by atoms with van der Waals surface area (Å²) in [5, 5.41) is 5.88. The Morgan fingerprint density at radius 3 is 2.40 bits per heavy atom. The molecule has 0 saturated heterocycles. The number of nitrogens with zero attached hydrogens (tertiary/aromatic N) is 2. The van der Waals surface area contributed by atoms with Gasteiger partial charge < -0.3 is 4.42 Å². The van der Waals surface area contributed by atoms with E-state index in [4.69, 9.17) is 4.42 Å². The van der Waals surface area contributed by atoms with E-state index in [0.717, 1.165) is 16.8 Å². The Kier molecular flexibility index (Phi) is 5.17. The van der Waals surface area contributed by atoms with E-state index < -0.39 is 10.0 Å². The molecule has 0 radical (unpaired) electrons. The molecule has 1 aromatic heterocycles. The summed E-state index contributed by atoms with van der Waals surface area (Å²) in [6.07, 6.45) is 2.09. The Bertz CT molecular complexity index is 1180. The van der Waals surface area contributed by atoms with Gasteiger partial charge in [-0.25, -0.2) is 13.4 Å². The molecule has 0 saturated carbocycles. The summed E-state index contributed by atoms with van der Waals surface area (Å²) in [5.41, 5.74) is 2.99. The molecule has 1 N–H and O–H groups in total. The first-order chi connectivity index (χ1) is 14.3. The quantitative estimate of drug-likeness (QED) is 0.669. The van der Waals surface area contributed by atoms with Crippen LogP contribution in [0.15, 0.2) is 81.3 Å². The van der Waals surface area contributed by atoms with Gasteiger partial charge in [0.2, 0.25) is 5.91 Å². The van der Waals surface area contributed by atoms with E-state index in [0.29, 0.717) is 17.9 Å². The molecule has 0 spiro atoms. The van der Waals surface area contributed by atoms with Crippen LogP contribution in [0.4, 0.5) is 5.69 Å². The highest BCUT2D eigenvalue weighted by atomic mass is 32.2. The predicted octanol–water partition coefficient (Wildman–Crippen LogP) is 4.09. The SMILES string of the molecule is CC(=O)N1N=C(c2ccc(NS(=O)(=O)c3ccc(C)cc3)cc2)C[C@H]1c1ccco1. The van der Waals surface area contributed by atoms with Crippen LogP contribution in [0, 0.1) is 6.92 Å². The van der Waals surface area contributed by atoms with Crippen LogP contribution in [0.3, 0.4) is 0 Å². The van der Waals surface area contributed by atoms with Crippen LogP contribution in [0.1, 0.15) is 36.3 Å². The van der Waals surface area contributed by atoms with Crippen LogP contribution in [0.2, 0.25) is 0 Å². The maximum absolute atomic E-state index is 12.6. The predicted molar refractivity (Wildman–Crippen MR) is 114 cm³/mol. The van der Waals surface area contributed by atoms with Gasteiger partial charge in [-0.1, -0.05) is 29.8 Å². The molecule has 1 aliphatic heterocycles. The third kappa shape index (κ3) is 3.99. The molecule has 0 fully saturated rings. The minimum atomic E-state index is -3.67. The van der Waals surface area contributed by atoms with E-state index in [1.165, 1.54) is 11.9 Å². The molecular weight excluding hydrogens is 402 g/mol. The summed E-state index contributed by atoms with van der Waals surface area (Å²) in [4.78, 5) is 12.2. The lowest BCUT2D eigenvalue weighted by Crippen LogP contribution is -2.23. The van der Waals surface area contributed by atoms with Gasteiger partial charge in [-0.2, -0.15) is 5.10 Å². The summed E-state index contributed by atoms with van der Waals surface area (Å²) >= 11 is 0. The molecule has 3 aromatic rings. The summed E-state index contributed by atoms with van der Waals surface area (Å²) in [6.45, 7) is 3.36. The minimum Gasteiger partial charge on any atom is -0.467 e. The maximum Gasteiger partial charge on any atom is 0.261 e. The topological polar surface area (TPSA) is 92.0 Å². The first kappa shape index (κ1) is 19.9. The molecule has 8 heteroatoms. The van der Waals surface area contributed by atoms with Gasteiger partial charge in [0.15, 0.2) is 0 Å². The van der Waals surface area contributed by atoms with Crippen molar-refractivity contribution in [2.75, 3.05) is 4.72 Å². The summed E-state index contributed by atoms with van der Waals surface area (Å²) < 4.78 is 33.2. The van der Waals surface area contributed by atoms with Crippen molar-refractivity contribution in [3.05, 3.63) is 83.8 Å². The van der Waals surface area contributed by atoms with Gasteiger partial charge in [-0.3, -0.25) is 9.52 Å². The van der Waals surface area contributed by atoms with E-state index in [9.17, 15) is 13.2 Å². The van der Waals surface area contributed by atoms with Gasteiger partial charge in [0.25, 0.3) is 10.0 Å². The summed E-state index contributed by atoms with van der Waals surface area (Å²) in [6, 6.07) is 16.9. The number of benzene rings is 2. The molecule has 0 unspecified atom stereocenters. The van der Waals surface area contributed by atoms with Gasteiger partial charge >= 0.3 is 0 Å². The second-order valence-electron chi connectivity index (χ2n) is 7.14. The van der Waals surface area contributed by atoms with Gasteiger partial charge in [-0.15, -0.1) is 0 Å². The molecule has 2 aromatic carbocycles. The zero-order chi connectivity index (χ0) is 21.3. The molecular formula is C22H21N3O4S. The fourth-order valence-electron chi connectivity index (χ4n) is 3.34. The molecule has 1 amide bonds. The average Bonchev–Trinajstić information content (AvgIpc) is 3.38. The minimum absolute atomic E-state index is 0.172. The van der Waals surface area contributed by atoms with Crippen LogP contribution in [0.25, 0.3) is 0 Å². The van der Waals surface area contributed by atoms with Crippen molar-refractivity contribution in [3.8, 4) is 0 Å². The van der Waals surface area contributed by atoms with Gasteiger partial charge in [-0.05, 0) is 48.9 Å². The van der Waals surface area contributed by atoms with E-state index in [-0.39, 0.29) is 16.8 Å². The van der Waals surface area contributed by atoms with Crippen LogP contribution in [0.5, 0.6) is 0 Å². The Balaban J connectivity index is 1.53. The van der Waals surface area contributed by atoms with Crippen molar-refractivity contribution < 1.29 is 17.6 Å². The summed E-state index contributed by atoms with van der Waals surface area (Å²) in [5.74, 6) is 0.500. The van der Waals surface area contributed by atoms with E-state index in [1.54, 1.807) is 60.9 Å². The van der Waals surface area contributed by atoms with Crippen molar-refractivity contribution in [2.24, 2.45) is 5.10 Å². The monoisotopic (exact) mass is 423 g/mol. The molecule has 7 nitrogen and oxygen atoms in total. The normalized spacial score (nSPS) is 16.4. The van der Waals surface area contributed by atoms with Crippen LogP contribution >= 0.6 is 0 Å². The molecule has 0 aliphatic carbocycles. The first-order valence-corrected chi connectivity index (χ1v) is 10.9. The Hall–Kier alpha value is -3.39. The van der Waals surface area contributed by atoms with E-state index >= 15 is 0 Å². The van der Waals surface area contributed by atoms with Crippen LogP contribution in [-0.2, 0) is 14.8 Å². The number of rotatable bonds is 5. The highest BCUT2D eigenvalue weighted by molar-refractivity contribution is 7.92. The van der Waals surface area contributed by atoms with Crippen molar-refractivity contribution in [1.29, 1.82) is 0 Å². The summed E-state index contributed by atoms with van der Waals surface area (Å²) in [7, 11) is -3.67. The van der Waals surface area contributed by atoms with Gasteiger partial charge in [0, 0.05) is 19.0 Å². The lowest BCUT2D eigenvalue weighted by molar-refractivity contribution is -0.130. The Morgan fingerprint density at radius 2 is 1.80 bits per heavy atom. The second kappa shape index (κ2) is 7.79. The van der Waals surface area contributed by atoms with E-state index in [2.05, 4.69) is 9.82 Å². The molecule has 1 aliphatic rings. The zero-order valence-electron chi connectivity index (χ0n) is 16.6. The number of hydrogen-bond acceptors (Lipinski definition) is 5. The van der Waals surface area contributed by atoms with Crippen molar-refractivity contribution in [3.63, 3.8) is 0 Å². The van der Waals surface area contributed by atoms with Gasteiger partial charge in [0.05, 0.1) is 16.9 Å². The van der Waals surface area contributed by atoms with Crippen LogP contribution < -0.4 is 4.72 Å². The average molecular weight is 423 g/mol. The molecule has 2 heterocycles. The first-order valence-electron chi connectivity index (χ1n) is 9.44. The number of carbonyl (C=O) groups excluding carboxylic acids is 1. The lowest BCUT2D eigenvalue weighted by atomic mass is 10.0. The number of amides is 1. The standard InChI is InChI=1S/C22H21N3O4S/c1-15-5-11-19(12-6-15)30(27,28)24-18-9-7-17(8-10-18)20-14-21(22-4-3-13-29-22)25(23-20)16(2)26/h3-13,21,24H,14H2,1-2H3/t21-/m0/s1. The second-order valence-corrected chi connectivity index (χ2v) is 8.82. The van der Waals surface area contributed by atoms with Gasteiger partial charge in [0.1, 0.15) is 11.8 Å².